The summed E-state index contributed by atoms with van der Waals surface area (Å²) in [5.41, 5.74) is 1.65. The molecule has 4 heteroatoms. The van der Waals surface area contributed by atoms with Crippen molar-refractivity contribution < 1.29 is 9.53 Å². The van der Waals surface area contributed by atoms with Crippen LogP contribution in [0.4, 0.5) is 5.69 Å². The summed E-state index contributed by atoms with van der Waals surface area (Å²) >= 11 is 0. The Balaban J connectivity index is 2.30. The molecule has 0 spiro atoms. The average molecular weight is 292 g/mol. The second kappa shape index (κ2) is 10.2. The number of nitrogens with zero attached hydrogens (tertiary/aromatic N) is 1. The van der Waals surface area contributed by atoms with E-state index >= 15 is 0 Å². The van der Waals surface area contributed by atoms with Gasteiger partial charge in [-0.2, -0.15) is 0 Å². The van der Waals surface area contributed by atoms with Crippen molar-refractivity contribution in [1.29, 1.82) is 0 Å². The van der Waals surface area contributed by atoms with Crippen molar-refractivity contribution in [1.82, 2.24) is 4.90 Å². The molecule has 0 fully saturated rings. The summed E-state index contributed by atoms with van der Waals surface area (Å²) in [5, 5.41) is 3.37. The van der Waals surface area contributed by atoms with E-state index in [9.17, 15) is 4.79 Å². The summed E-state index contributed by atoms with van der Waals surface area (Å²) in [6.07, 6.45) is 4.99. The van der Waals surface area contributed by atoms with Crippen molar-refractivity contribution in [3.8, 4) is 0 Å². The summed E-state index contributed by atoms with van der Waals surface area (Å²) < 4.78 is 5.20. The third-order valence-electron chi connectivity index (χ3n) is 3.25. The Morgan fingerprint density at radius 2 is 1.86 bits per heavy atom. The minimum atomic E-state index is -0.258. The predicted molar refractivity (Wildman–Crippen MR) is 87.9 cm³/mol. The Kier molecular flexibility index (Phi) is 8.51. The minimum Gasteiger partial charge on any atom is -0.461 e. The normalized spacial score (nSPS) is 10.7. The highest BCUT2D eigenvalue weighted by molar-refractivity contribution is 5.89. The molecular formula is C17H28N2O2. The molecule has 0 saturated carbocycles. The summed E-state index contributed by atoms with van der Waals surface area (Å²) in [5.74, 6) is -0.258. The van der Waals surface area contributed by atoms with Gasteiger partial charge in [-0.05, 0) is 44.8 Å². The quantitative estimate of drug-likeness (QED) is 0.530. The monoisotopic (exact) mass is 292 g/mol. The number of ether oxygens (including phenoxy) is 1. The highest BCUT2D eigenvalue weighted by atomic mass is 16.5. The topological polar surface area (TPSA) is 41.6 Å². The summed E-state index contributed by atoms with van der Waals surface area (Å²) in [6.45, 7) is 4.35. The van der Waals surface area contributed by atoms with Crippen LogP contribution in [0.15, 0.2) is 24.3 Å². The first-order valence-electron chi connectivity index (χ1n) is 7.79. The smallest absolute Gasteiger partial charge is 0.338 e. The number of likely N-dealkylation sites (N-methyl/N-ethyl adjacent to an activating group) is 1. The molecule has 21 heavy (non-hydrogen) atoms. The third kappa shape index (κ3) is 7.71. The van der Waals surface area contributed by atoms with Crippen molar-refractivity contribution in [2.75, 3.05) is 39.1 Å². The van der Waals surface area contributed by atoms with E-state index in [2.05, 4.69) is 12.2 Å². The number of carbonyl (C=O) groups is 1. The zero-order chi connectivity index (χ0) is 15.5. The van der Waals surface area contributed by atoms with Crippen molar-refractivity contribution in [3.63, 3.8) is 0 Å². The zero-order valence-corrected chi connectivity index (χ0v) is 13.5. The van der Waals surface area contributed by atoms with Gasteiger partial charge in [0.15, 0.2) is 0 Å². The molecule has 118 valence electrons. The van der Waals surface area contributed by atoms with Gasteiger partial charge in [0.1, 0.15) is 6.61 Å². The number of unbranched alkanes of at least 4 members (excludes halogenated alkanes) is 3. The van der Waals surface area contributed by atoms with Crippen LogP contribution in [0, 0.1) is 0 Å². The van der Waals surface area contributed by atoms with Crippen LogP contribution in [0.2, 0.25) is 0 Å². The van der Waals surface area contributed by atoms with Crippen LogP contribution in [-0.4, -0.2) is 44.7 Å². The van der Waals surface area contributed by atoms with Gasteiger partial charge in [-0.3, -0.25) is 0 Å². The number of carbonyl (C=O) groups excluding carboxylic acids is 1. The van der Waals surface area contributed by atoms with E-state index in [-0.39, 0.29) is 5.97 Å². The van der Waals surface area contributed by atoms with Gasteiger partial charge >= 0.3 is 5.97 Å². The molecule has 0 aliphatic carbocycles. The maximum atomic E-state index is 11.8. The molecule has 1 aromatic rings. The van der Waals surface area contributed by atoms with Crippen molar-refractivity contribution in [3.05, 3.63) is 29.8 Å². The van der Waals surface area contributed by atoms with Crippen LogP contribution in [0.3, 0.4) is 0 Å². The molecule has 0 atom stereocenters. The van der Waals surface area contributed by atoms with Gasteiger partial charge in [0.05, 0.1) is 5.56 Å². The van der Waals surface area contributed by atoms with E-state index < -0.39 is 0 Å². The van der Waals surface area contributed by atoms with E-state index in [1.165, 1.54) is 25.7 Å². The van der Waals surface area contributed by atoms with Crippen molar-refractivity contribution in [2.24, 2.45) is 0 Å². The molecular weight excluding hydrogens is 264 g/mol. The molecule has 0 aliphatic heterocycles. The first-order valence-corrected chi connectivity index (χ1v) is 7.79. The van der Waals surface area contributed by atoms with Crippen LogP contribution in [0.5, 0.6) is 0 Å². The van der Waals surface area contributed by atoms with E-state index in [4.69, 9.17) is 4.74 Å². The standard InChI is InChI=1S/C17H28N2O2/c1-4-5-6-7-12-18-16-10-8-15(9-11-16)17(20)21-14-13-19(2)3/h8-11,18H,4-7,12-14H2,1-3H3. The highest BCUT2D eigenvalue weighted by Gasteiger charge is 2.06. The average Bonchev–Trinajstić information content (AvgIpc) is 2.47. The number of hydrogen-bond acceptors (Lipinski definition) is 4. The Hall–Kier alpha value is -1.55. The summed E-state index contributed by atoms with van der Waals surface area (Å²) in [6, 6.07) is 7.49. The van der Waals surface area contributed by atoms with Gasteiger partial charge in [0.2, 0.25) is 0 Å². The largest absolute Gasteiger partial charge is 0.461 e. The fourth-order valence-corrected chi connectivity index (χ4v) is 1.91. The zero-order valence-electron chi connectivity index (χ0n) is 13.5. The molecule has 0 bridgehead atoms. The van der Waals surface area contributed by atoms with Gasteiger partial charge in [-0.1, -0.05) is 26.2 Å². The molecule has 0 radical (unpaired) electrons. The lowest BCUT2D eigenvalue weighted by Gasteiger charge is -2.10. The van der Waals surface area contributed by atoms with Gasteiger partial charge in [-0.25, -0.2) is 4.79 Å². The van der Waals surface area contributed by atoms with Gasteiger partial charge in [-0.15, -0.1) is 0 Å². The Morgan fingerprint density at radius 3 is 2.48 bits per heavy atom. The third-order valence-corrected chi connectivity index (χ3v) is 3.25. The molecule has 0 aliphatic rings. The molecule has 1 aromatic carbocycles. The Labute approximate surface area is 128 Å². The molecule has 0 unspecified atom stereocenters. The van der Waals surface area contributed by atoms with Crippen LogP contribution in [0.1, 0.15) is 43.0 Å². The van der Waals surface area contributed by atoms with Gasteiger partial charge in [0, 0.05) is 18.8 Å². The fourth-order valence-electron chi connectivity index (χ4n) is 1.91. The van der Waals surface area contributed by atoms with Crippen molar-refractivity contribution in [2.45, 2.75) is 32.6 Å². The van der Waals surface area contributed by atoms with Crippen LogP contribution in [-0.2, 0) is 4.74 Å². The molecule has 1 N–H and O–H groups in total. The first-order chi connectivity index (χ1) is 10.1. The second-order valence-electron chi connectivity index (χ2n) is 5.50. The Bertz CT molecular complexity index is 402. The minimum absolute atomic E-state index is 0.258. The predicted octanol–water partition coefficient (Wildman–Crippen LogP) is 3.40. The number of hydrogen-bond donors (Lipinski definition) is 1. The number of esters is 1. The SMILES string of the molecule is CCCCCCNc1ccc(C(=O)OCCN(C)C)cc1. The van der Waals surface area contributed by atoms with Crippen LogP contribution in [0.25, 0.3) is 0 Å². The first kappa shape index (κ1) is 17.5. The molecule has 1 rings (SSSR count). The maximum Gasteiger partial charge on any atom is 0.338 e. The lowest BCUT2D eigenvalue weighted by molar-refractivity contribution is 0.0482. The lowest BCUT2D eigenvalue weighted by Crippen LogP contribution is -2.20. The number of benzene rings is 1. The van der Waals surface area contributed by atoms with Crippen LogP contribution >= 0.6 is 0 Å². The number of anilines is 1. The molecule has 0 aromatic heterocycles. The van der Waals surface area contributed by atoms with Crippen molar-refractivity contribution >= 4 is 11.7 Å². The summed E-state index contributed by atoms with van der Waals surface area (Å²) in [7, 11) is 3.91. The molecule has 0 amide bonds. The highest BCUT2D eigenvalue weighted by Crippen LogP contribution is 2.11. The molecule has 0 heterocycles. The van der Waals surface area contributed by atoms with E-state index in [0.29, 0.717) is 12.2 Å². The second-order valence-corrected chi connectivity index (χ2v) is 5.50. The van der Waals surface area contributed by atoms with Gasteiger partial charge < -0.3 is 15.0 Å². The fraction of sp³-hybridized carbons (Fsp3) is 0.588. The maximum absolute atomic E-state index is 11.8. The number of rotatable bonds is 10. The van der Waals surface area contributed by atoms with E-state index in [1.54, 1.807) is 0 Å². The van der Waals surface area contributed by atoms with Crippen LogP contribution < -0.4 is 5.32 Å². The van der Waals surface area contributed by atoms with E-state index in [0.717, 1.165) is 18.8 Å². The van der Waals surface area contributed by atoms with Gasteiger partial charge in [0.25, 0.3) is 0 Å². The molecule has 0 saturated heterocycles. The molecule has 4 nitrogen and oxygen atoms in total. The van der Waals surface area contributed by atoms with E-state index in [1.807, 2.05) is 43.3 Å². The Morgan fingerprint density at radius 1 is 1.14 bits per heavy atom. The summed E-state index contributed by atoms with van der Waals surface area (Å²) in [4.78, 5) is 13.8. The number of nitrogens with one attached hydrogen (secondary N) is 1. The lowest BCUT2D eigenvalue weighted by atomic mass is 10.2.